The minimum atomic E-state index is -0.615. The zero-order valence-corrected chi connectivity index (χ0v) is 19.2. The number of halogens is 1. The number of amides is 2. The van der Waals surface area contributed by atoms with Crippen molar-refractivity contribution >= 4 is 11.8 Å². The van der Waals surface area contributed by atoms with E-state index in [2.05, 4.69) is 5.32 Å². The molecule has 2 amide bonds. The summed E-state index contributed by atoms with van der Waals surface area (Å²) in [5.74, 6) is -0.125. The zero-order chi connectivity index (χ0) is 23.1. The number of nitrogens with one attached hydrogen (secondary N) is 1. The van der Waals surface area contributed by atoms with Crippen LogP contribution in [0.5, 0.6) is 5.75 Å². The lowest BCUT2D eigenvalue weighted by molar-refractivity contribution is -0.143. The first-order valence-electron chi connectivity index (χ1n) is 11.4. The number of carbonyl (C=O) groups is 2. The van der Waals surface area contributed by atoms with Crippen molar-refractivity contribution in [3.05, 3.63) is 65.0 Å². The molecule has 0 radical (unpaired) electrons. The van der Waals surface area contributed by atoms with E-state index in [9.17, 15) is 14.0 Å². The molecule has 5 nitrogen and oxygen atoms in total. The molecule has 1 aliphatic carbocycles. The van der Waals surface area contributed by atoms with Crippen molar-refractivity contribution in [3.63, 3.8) is 0 Å². The van der Waals surface area contributed by atoms with Crippen LogP contribution in [0.2, 0.25) is 0 Å². The van der Waals surface area contributed by atoms with Gasteiger partial charge in [0.25, 0.3) is 5.91 Å². The predicted molar refractivity (Wildman–Crippen MR) is 123 cm³/mol. The lowest BCUT2D eigenvalue weighted by atomic mass is 10.1. The second-order valence-corrected chi connectivity index (χ2v) is 8.67. The van der Waals surface area contributed by atoms with E-state index in [1.807, 2.05) is 39.0 Å². The van der Waals surface area contributed by atoms with E-state index in [0.717, 1.165) is 42.4 Å². The quantitative estimate of drug-likeness (QED) is 0.616. The summed E-state index contributed by atoms with van der Waals surface area (Å²) >= 11 is 0. The summed E-state index contributed by atoms with van der Waals surface area (Å²) in [5, 5.41) is 3.12. The van der Waals surface area contributed by atoms with Crippen LogP contribution in [0.25, 0.3) is 0 Å². The van der Waals surface area contributed by atoms with Gasteiger partial charge in [0.15, 0.2) is 6.61 Å². The first-order valence-corrected chi connectivity index (χ1v) is 11.4. The van der Waals surface area contributed by atoms with Gasteiger partial charge in [-0.3, -0.25) is 9.59 Å². The number of benzene rings is 2. The van der Waals surface area contributed by atoms with Crippen molar-refractivity contribution in [1.82, 2.24) is 10.2 Å². The van der Waals surface area contributed by atoms with Crippen LogP contribution in [0, 0.1) is 19.7 Å². The predicted octanol–water partition coefficient (Wildman–Crippen LogP) is 4.69. The van der Waals surface area contributed by atoms with Gasteiger partial charge in [-0.05, 0) is 74.1 Å². The SMILES string of the molecule is CC[C@H](C(=O)NC1CCCC1)N(Cc1ccc(F)cc1)C(=O)COc1cc(C)cc(C)c1. The number of aryl methyl sites for hydroxylation is 2. The Balaban J connectivity index is 1.76. The highest BCUT2D eigenvalue weighted by Crippen LogP contribution is 2.20. The second-order valence-electron chi connectivity index (χ2n) is 8.67. The molecule has 1 aliphatic rings. The molecule has 0 aromatic heterocycles. The summed E-state index contributed by atoms with van der Waals surface area (Å²) in [5.41, 5.74) is 2.87. The van der Waals surface area contributed by atoms with Crippen molar-refractivity contribution in [2.45, 2.75) is 71.5 Å². The molecule has 172 valence electrons. The van der Waals surface area contributed by atoms with E-state index in [1.54, 1.807) is 17.0 Å². The van der Waals surface area contributed by atoms with Crippen LogP contribution in [0.4, 0.5) is 4.39 Å². The van der Waals surface area contributed by atoms with Crippen LogP contribution in [0.1, 0.15) is 55.7 Å². The van der Waals surface area contributed by atoms with Gasteiger partial charge >= 0.3 is 0 Å². The standard InChI is InChI=1S/C26H33FN2O3/c1-4-24(26(31)28-22-7-5-6-8-22)29(16-20-9-11-21(27)12-10-20)25(30)17-32-23-14-18(2)13-19(3)15-23/h9-15,22,24H,4-8,16-17H2,1-3H3,(H,28,31)/t24-/m1/s1. The van der Waals surface area contributed by atoms with E-state index in [1.165, 1.54) is 12.1 Å². The third-order valence-corrected chi connectivity index (χ3v) is 5.91. The number of nitrogens with zero attached hydrogens (tertiary/aromatic N) is 1. The minimum Gasteiger partial charge on any atom is -0.484 e. The van der Waals surface area contributed by atoms with Gasteiger partial charge in [0.2, 0.25) is 5.91 Å². The van der Waals surface area contributed by atoms with Gasteiger partial charge < -0.3 is 15.0 Å². The average molecular weight is 441 g/mol. The van der Waals surface area contributed by atoms with Gasteiger partial charge in [0.05, 0.1) is 0 Å². The molecule has 1 saturated carbocycles. The molecule has 3 rings (SSSR count). The number of hydrogen-bond donors (Lipinski definition) is 1. The van der Waals surface area contributed by atoms with Crippen LogP contribution < -0.4 is 10.1 Å². The van der Waals surface area contributed by atoms with Gasteiger partial charge in [-0.2, -0.15) is 0 Å². The number of ether oxygens (including phenoxy) is 1. The Kier molecular flexibility index (Phi) is 8.26. The molecular weight excluding hydrogens is 407 g/mol. The number of rotatable bonds is 9. The lowest BCUT2D eigenvalue weighted by Gasteiger charge is -2.31. The number of hydrogen-bond acceptors (Lipinski definition) is 3. The molecular formula is C26H33FN2O3. The summed E-state index contributed by atoms with van der Waals surface area (Å²) in [4.78, 5) is 27.9. The summed E-state index contributed by atoms with van der Waals surface area (Å²) in [7, 11) is 0. The maximum Gasteiger partial charge on any atom is 0.261 e. The highest BCUT2D eigenvalue weighted by atomic mass is 19.1. The normalized spacial score (nSPS) is 14.8. The smallest absolute Gasteiger partial charge is 0.261 e. The molecule has 1 fully saturated rings. The Morgan fingerprint density at radius 2 is 1.72 bits per heavy atom. The highest BCUT2D eigenvalue weighted by Gasteiger charge is 2.30. The maximum absolute atomic E-state index is 13.4. The Bertz CT molecular complexity index is 903. The summed E-state index contributed by atoms with van der Waals surface area (Å²) < 4.78 is 19.2. The lowest BCUT2D eigenvalue weighted by Crippen LogP contribution is -2.52. The van der Waals surface area contributed by atoms with Gasteiger partial charge in [0, 0.05) is 12.6 Å². The maximum atomic E-state index is 13.4. The molecule has 0 saturated heterocycles. The summed E-state index contributed by atoms with van der Waals surface area (Å²) in [6, 6.07) is 11.4. The molecule has 0 unspecified atom stereocenters. The fraction of sp³-hybridized carbons (Fsp3) is 0.462. The molecule has 32 heavy (non-hydrogen) atoms. The minimum absolute atomic E-state index is 0.138. The van der Waals surface area contributed by atoms with Gasteiger partial charge in [-0.25, -0.2) is 4.39 Å². The Morgan fingerprint density at radius 3 is 2.31 bits per heavy atom. The van der Waals surface area contributed by atoms with Crippen molar-refractivity contribution in [1.29, 1.82) is 0 Å². The summed E-state index contributed by atoms with van der Waals surface area (Å²) in [6.45, 7) is 5.89. The first kappa shape index (κ1) is 23.8. The first-order chi connectivity index (χ1) is 15.4. The van der Waals surface area contributed by atoms with Gasteiger partial charge in [0.1, 0.15) is 17.6 Å². The van der Waals surface area contributed by atoms with Crippen molar-refractivity contribution in [3.8, 4) is 5.75 Å². The Morgan fingerprint density at radius 1 is 1.09 bits per heavy atom. The average Bonchev–Trinajstić information content (AvgIpc) is 3.25. The molecule has 0 heterocycles. The fourth-order valence-corrected chi connectivity index (χ4v) is 4.32. The monoisotopic (exact) mass is 440 g/mol. The van der Waals surface area contributed by atoms with Crippen molar-refractivity contribution in [2.24, 2.45) is 0 Å². The second kappa shape index (κ2) is 11.1. The van der Waals surface area contributed by atoms with Gasteiger partial charge in [-0.1, -0.05) is 38.0 Å². The molecule has 0 bridgehead atoms. The topological polar surface area (TPSA) is 58.6 Å². The molecule has 1 atom stereocenters. The van der Waals surface area contributed by atoms with Crippen LogP contribution in [0.3, 0.4) is 0 Å². The zero-order valence-electron chi connectivity index (χ0n) is 19.2. The third kappa shape index (κ3) is 6.55. The molecule has 0 spiro atoms. The van der Waals surface area contributed by atoms with Crippen LogP contribution in [0.15, 0.2) is 42.5 Å². The van der Waals surface area contributed by atoms with E-state index in [4.69, 9.17) is 4.74 Å². The molecule has 2 aromatic rings. The van der Waals surface area contributed by atoms with E-state index in [0.29, 0.717) is 12.2 Å². The Hall–Kier alpha value is -2.89. The highest BCUT2D eigenvalue weighted by molar-refractivity contribution is 5.88. The Labute approximate surface area is 190 Å². The van der Waals surface area contributed by atoms with E-state index in [-0.39, 0.29) is 36.8 Å². The van der Waals surface area contributed by atoms with E-state index >= 15 is 0 Å². The molecule has 6 heteroatoms. The van der Waals surface area contributed by atoms with Crippen LogP contribution in [-0.2, 0) is 16.1 Å². The largest absolute Gasteiger partial charge is 0.484 e. The van der Waals surface area contributed by atoms with Crippen molar-refractivity contribution < 1.29 is 18.7 Å². The van der Waals surface area contributed by atoms with Gasteiger partial charge in [-0.15, -0.1) is 0 Å². The molecule has 1 N–H and O–H groups in total. The fourth-order valence-electron chi connectivity index (χ4n) is 4.32. The van der Waals surface area contributed by atoms with E-state index < -0.39 is 6.04 Å². The molecule has 0 aliphatic heterocycles. The van der Waals surface area contributed by atoms with Crippen LogP contribution >= 0.6 is 0 Å². The summed E-state index contributed by atoms with van der Waals surface area (Å²) in [6.07, 6.45) is 4.66. The van der Waals surface area contributed by atoms with Crippen LogP contribution in [-0.4, -0.2) is 35.4 Å². The van der Waals surface area contributed by atoms with Crippen molar-refractivity contribution in [2.75, 3.05) is 6.61 Å². The third-order valence-electron chi connectivity index (χ3n) is 5.91. The number of carbonyl (C=O) groups excluding carboxylic acids is 2. The molecule has 2 aromatic carbocycles.